The maximum atomic E-state index is 12.1. The zero-order valence-corrected chi connectivity index (χ0v) is 16.1. The maximum absolute atomic E-state index is 12.1. The van der Waals surface area contributed by atoms with Crippen molar-refractivity contribution in [1.29, 1.82) is 0 Å². The summed E-state index contributed by atoms with van der Waals surface area (Å²) < 4.78 is 37.9. The largest absolute Gasteiger partial charge is 0.493 e. The predicted octanol–water partition coefficient (Wildman–Crippen LogP) is 1.29. The van der Waals surface area contributed by atoms with Gasteiger partial charge in [0.2, 0.25) is 10.0 Å². The second-order valence-corrected chi connectivity index (χ2v) is 7.19. The number of amides is 1. The summed E-state index contributed by atoms with van der Waals surface area (Å²) in [5, 5.41) is 7.51. The zero-order valence-electron chi connectivity index (χ0n) is 15.2. The van der Waals surface area contributed by atoms with Gasteiger partial charge in [-0.15, -0.1) is 0 Å². The molecule has 28 heavy (non-hydrogen) atoms. The number of para-hydroxylation sites is 2. The molecule has 0 aliphatic rings. The molecule has 2 aromatic carbocycles. The molecule has 0 saturated heterocycles. The number of nitrogens with one attached hydrogen (secondary N) is 1. The van der Waals surface area contributed by atoms with E-state index in [1.807, 2.05) is 0 Å². The Hall–Kier alpha value is -3.11. The lowest BCUT2D eigenvalue weighted by Gasteiger charge is -2.14. The quantitative estimate of drug-likeness (QED) is 0.629. The van der Waals surface area contributed by atoms with Gasteiger partial charge in [0, 0.05) is 5.69 Å². The molecule has 2 aromatic rings. The number of anilines is 1. The number of primary sulfonamides is 1. The number of sulfonamides is 1. The van der Waals surface area contributed by atoms with Gasteiger partial charge < -0.3 is 19.5 Å². The van der Waals surface area contributed by atoms with Crippen LogP contribution >= 0.6 is 0 Å². The van der Waals surface area contributed by atoms with Crippen molar-refractivity contribution in [1.82, 2.24) is 0 Å². The van der Waals surface area contributed by atoms with Gasteiger partial charge in [-0.25, -0.2) is 18.4 Å². The van der Waals surface area contributed by atoms with Crippen molar-refractivity contribution in [2.75, 3.05) is 19.0 Å². The minimum atomic E-state index is -3.82. The molecular weight excluding hydrogens is 388 g/mol. The van der Waals surface area contributed by atoms with E-state index in [-0.39, 0.29) is 4.90 Å². The van der Waals surface area contributed by atoms with Crippen LogP contribution in [0, 0.1) is 0 Å². The molecule has 0 aliphatic heterocycles. The third kappa shape index (κ3) is 5.96. The highest BCUT2D eigenvalue weighted by atomic mass is 32.2. The standard InChI is InChI=1S/C18H20N2O7S/c1-12(18(22)20-13-7-9-14(10-8-13)28(19,23)24)27-17(21)11-26-16-6-4-3-5-15(16)25-2/h3-10,12H,11H2,1-2H3,(H,20,22)(H2,19,23,24)/t12-/m0/s1. The van der Waals surface area contributed by atoms with Crippen molar-refractivity contribution in [3.05, 3.63) is 48.5 Å². The average Bonchev–Trinajstić information content (AvgIpc) is 2.66. The lowest BCUT2D eigenvalue weighted by atomic mass is 10.3. The summed E-state index contributed by atoms with van der Waals surface area (Å²) in [7, 11) is -2.34. The molecule has 0 unspecified atom stereocenters. The van der Waals surface area contributed by atoms with Gasteiger partial charge in [-0.3, -0.25) is 4.79 Å². The molecule has 150 valence electrons. The number of benzene rings is 2. The van der Waals surface area contributed by atoms with Crippen molar-refractivity contribution >= 4 is 27.6 Å². The van der Waals surface area contributed by atoms with E-state index in [0.717, 1.165) is 0 Å². The van der Waals surface area contributed by atoms with Gasteiger partial charge in [-0.2, -0.15) is 0 Å². The van der Waals surface area contributed by atoms with Crippen LogP contribution < -0.4 is 19.9 Å². The van der Waals surface area contributed by atoms with Crippen LogP contribution in [0.5, 0.6) is 11.5 Å². The first-order valence-corrected chi connectivity index (χ1v) is 9.64. The Morgan fingerprint density at radius 1 is 1.07 bits per heavy atom. The van der Waals surface area contributed by atoms with Crippen LogP contribution in [0.25, 0.3) is 0 Å². The Balaban J connectivity index is 1.86. The maximum Gasteiger partial charge on any atom is 0.344 e. The van der Waals surface area contributed by atoms with Crippen LogP contribution in [0.2, 0.25) is 0 Å². The Morgan fingerprint density at radius 2 is 1.68 bits per heavy atom. The first-order valence-electron chi connectivity index (χ1n) is 8.09. The minimum absolute atomic E-state index is 0.0848. The van der Waals surface area contributed by atoms with Gasteiger partial charge in [0.15, 0.2) is 24.2 Å². The number of hydrogen-bond donors (Lipinski definition) is 2. The van der Waals surface area contributed by atoms with Crippen molar-refractivity contribution in [3.8, 4) is 11.5 Å². The topological polar surface area (TPSA) is 134 Å². The summed E-state index contributed by atoms with van der Waals surface area (Å²) >= 11 is 0. The minimum Gasteiger partial charge on any atom is -0.493 e. The van der Waals surface area contributed by atoms with Crippen molar-refractivity contribution in [2.24, 2.45) is 5.14 Å². The Morgan fingerprint density at radius 3 is 2.25 bits per heavy atom. The fourth-order valence-electron chi connectivity index (χ4n) is 2.13. The third-order valence-electron chi connectivity index (χ3n) is 3.54. The van der Waals surface area contributed by atoms with Gasteiger partial charge in [0.25, 0.3) is 5.91 Å². The van der Waals surface area contributed by atoms with Crippen LogP contribution in [-0.4, -0.2) is 40.1 Å². The number of ether oxygens (including phenoxy) is 3. The smallest absolute Gasteiger partial charge is 0.344 e. The second-order valence-electron chi connectivity index (χ2n) is 5.63. The molecule has 0 aliphatic carbocycles. The zero-order chi connectivity index (χ0) is 20.7. The summed E-state index contributed by atoms with van der Waals surface area (Å²) in [6.07, 6.45) is -1.09. The summed E-state index contributed by atoms with van der Waals surface area (Å²) in [5.41, 5.74) is 0.325. The normalized spacial score (nSPS) is 12.0. The number of carbonyl (C=O) groups excluding carboxylic acids is 2. The molecule has 10 heteroatoms. The molecule has 9 nitrogen and oxygen atoms in total. The van der Waals surface area contributed by atoms with Crippen molar-refractivity contribution < 1.29 is 32.2 Å². The number of rotatable bonds is 8. The summed E-state index contributed by atoms with van der Waals surface area (Å²) in [4.78, 5) is 23.9. The van der Waals surface area contributed by atoms with Gasteiger partial charge in [-0.05, 0) is 43.3 Å². The van der Waals surface area contributed by atoms with E-state index < -0.39 is 34.6 Å². The Labute approximate surface area is 162 Å². The van der Waals surface area contributed by atoms with Crippen molar-refractivity contribution in [2.45, 2.75) is 17.9 Å². The number of hydrogen-bond acceptors (Lipinski definition) is 7. The predicted molar refractivity (Wildman–Crippen MR) is 100 cm³/mol. The summed E-state index contributed by atoms with van der Waals surface area (Å²) in [5.74, 6) is -0.495. The van der Waals surface area contributed by atoms with E-state index >= 15 is 0 Å². The number of esters is 1. The molecule has 0 fully saturated rings. The highest BCUT2D eigenvalue weighted by Crippen LogP contribution is 2.25. The molecule has 0 bridgehead atoms. The number of methoxy groups -OCH3 is 1. The molecule has 3 N–H and O–H groups in total. The van der Waals surface area contributed by atoms with Crippen LogP contribution in [0.3, 0.4) is 0 Å². The summed E-state index contributed by atoms with van der Waals surface area (Å²) in [6, 6.07) is 12.0. The van der Waals surface area contributed by atoms with Crippen LogP contribution in [0.1, 0.15) is 6.92 Å². The summed E-state index contributed by atoms with van der Waals surface area (Å²) in [6.45, 7) is 0.996. The highest BCUT2D eigenvalue weighted by molar-refractivity contribution is 7.89. The molecule has 0 saturated carbocycles. The van der Waals surface area contributed by atoms with Gasteiger partial charge in [0.05, 0.1) is 12.0 Å². The van der Waals surface area contributed by atoms with Gasteiger partial charge in [0.1, 0.15) is 0 Å². The van der Waals surface area contributed by atoms with E-state index in [2.05, 4.69) is 5.32 Å². The number of nitrogens with two attached hydrogens (primary N) is 1. The SMILES string of the molecule is COc1ccccc1OCC(=O)O[C@@H](C)C(=O)Nc1ccc(S(N)(=O)=O)cc1. The van der Waals surface area contributed by atoms with Crippen LogP contribution in [0.4, 0.5) is 5.69 Å². The van der Waals surface area contributed by atoms with E-state index in [4.69, 9.17) is 19.3 Å². The monoisotopic (exact) mass is 408 g/mol. The average molecular weight is 408 g/mol. The molecule has 2 rings (SSSR count). The van der Waals surface area contributed by atoms with Gasteiger partial charge >= 0.3 is 5.97 Å². The first-order chi connectivity index (χ1) is 13.2. The second kappa shape index (κ2) is 9.20. The van der Waals surface area contributed by atoms with Crippen LogP contribution in [-0.2, 0) is 24.3 Å². The molecule has 1 amide bonds. The lowest BCUT2D eigenvalue weighted by Crippen LogP contribution is -2.31. The molecular formula is C18H20N2O7S. The van der Waals surface area contributed by atoms with Crippen LogP contribution in [0.15, 0.2) is 53.4 Å². The fraction of sp³-hybridized carbons (Fsp3) is 0.222. The number of carbonyl (C=O) groups is 2. The third-order valence-corrected chi connectivity index (χ3v) is 4.47. The fourth-order valence-corrected chi connectivity index (χ4v) is 2.65. The molecule has 1 atom stereocenters. The Kier molecular flexibility index (Phi) is 6.96. The van der Waals surface area contributed by atoms with E-state index in [0.29, 0.717) is 17.2 Å². The van der Waals surface area contributed by atoms with E-state index in [9.17, 15) is 18.0 Å². The highest BCUT2D eigenvalue weighted by Gasteiger charge is 2.19. The molecule has 0 heterocycles. The molecule has 0 radical (unpaired) electrons. The lowest BCUT2D eigenvalue weighted by molar-refractivity contribution is -0.155. The first kappa shape index (κ1) is 21.2. The van der Waals surface area contributed by atoms with E-state index in [1.165, 1.54) is 38.3 Å². The molecule has 0 spiro atoms. The van der Waals surface area contributed by atoms with Crippen molar-refractivity contribution in [3.63, 3.8) is 0 Å². The van der Waals surface area contributed by atoms with E-state index in [1.54, 1.807) is 24.3 Å². The van der Waals surface area contributed by atoms with Gasteiger partial charge in [-0.1, -0.05) is 12.1 Å². The Bertz CT molecular complexity index is 943. The molecule has 0 aromatic heterocycles.